The summed E-state index contributed by atoms with van der Waals surface area (Å²) < 4.78 is 0. The van der Waals surface area contributed by atoms with Gasteiger partial charge in [0.2, 0.25) is 0 Å². The number of aryl methyl sites for hydroxylation is 2. The summed E-state index contributed by atoms with van der Waals surface area (Å²) in [6.07, 6.45) is 1.82. The van der Waals surface area contributed by atoms with Gasteiger partial charge in [0.25, 0.3) is 0 Å². The fourth-order valence-electron chi connectivity index (χ4n) is 1.87. The van der Waals surface area contributed by atoms with Crippen LogP contribution in [0.25, 0.3) is 0 Å². The van der Waals surface area contributed by atoms with Gasteiger partial charge in [0.1, 0.15) is 5.78 Å². The maximum Gasteiger partial charge on any atom is 0.140 e. The zero-order chi connectivity index (χ0) is 9.42. The second-order valence-electron chi connectivity index (χ2n) is 3.92. The summed E-state index contributed by atoms with van der Waals surface area (Å²) in [5.74, 6) is 0.619. The summed E-state index contributed by atoms with van der Waals surface area (Å²) in [5, 5.41) is 0. The highest BCUT2D eigenvalue weighted by Crippen LogP contribution is 2.34. The SMILES string of the molecule is Cc1ccc(C)c(C2CCC2=O)c1. The van der Waals surface area contributed by atoms with Crippen molar-refractivity contribution in [2.24, 2.45) is 0 Å². The summed E-state index contributed by atoms with van der Waals surface area (Å²) in [6.45, 7) is 4.16. The predicted octanol–water partition coefficient (Wildman–Crippen LogP) is 2.75. The van der Waals surface area contributed by atoms with Crippen LogP contribution in [0.2, 0.25) is 0 Å². The molecule has 13 heavy (non-hydrogen) atoms. The quantitative estimate of drug-likeness (QED) is 0.639. The Balaban J connectivity index is 2.38. The molecule has 1 fully saturated rings. The molecule has 1 heteroatoms. The fourth-order valence-corrected chi connectivity index (χ4v) is 1.87. The minimum Gasteiger partial charge on any atom is -0.299 e. The molecule has 1 aliphatic rings. The van der Waals surface area contributed by atoms with Crippen LogP contribution >= 0.6 is 0 Å². The maximum absolute atomic E-state index is 11.3. The molecule has 0 radical (unpaired) electrons. The molecule has 0 bridgehead atoms. The zero-order valence-corrected chi connectivity index (χ0v) is 8.13. The van der Waals surface area contributed by atoms with Gasteiger partial charge in [-0.25, -0.2) is 0 Å². The van der Waals surface area contributed by atoms with E-state index in [-0.39, 0.29) is 5.92 Å². The molecular weight excluding hydrogens is 160 g/mol. The van der Waals surface area contributed by atoms with Gasteiger partial charge in [-0.2, -0.15) is 0 Å². The van der Waals surface area contributed by atoms with Crippen LogP contribution in [0, 0.1) is 13.8 Å². The zero-order valence-electron chi connectivity index (χ0n) is 8.13. The molecule has 2 rings (SSSR count). The average molecular weight is 174 g/mol. The highest BCUT2D eigenvalue weighted by molar-refractivity contribution is 5.91. The second kappa shape index (κ2) is 2.99. The summed E-state index contributed by atoms with van der Waals surface area (Å²) in [7, 11) is 0. The van der Waals surface area contributed by atoms with Gasteiger partial charge in [0.05, 0.1) is 0 Å². The largest absolute Gasteiger partial charge is 0.299 e. The Kier molecular flexibility index (Phi) is 1.95. The van der Waals surface area contributed by atoms with E-state index in [9.17, 15) is 4.79 Å². The molecular formula is C12H14O. The first-order valence-electron chi connectivity index (χ1n) is 4.78. The highest BCUT2D eigenvalue weighted by Gasteiger charge is 2.30. The molecule has 1 nitrogen and oxygen atoms in total. The van der Waals surface area contributed by atoms with E-state index >= 15 is 0 Å². The van der Waals surface area contributed by atoms with Gasteiger partial charge in [0, 0.05) is 12.3 Å². The van der Waals surface area contributed by atoms with E-state index in [0.29, 0.717) is 5.78 Å². The van der Waals surface area contributed by atoms with Crippen molar-refractivity contribution in [3.05, 3.63) is 34.9 Å². The number of ketones is 1. The summed E-state index contributed by atoms with van der Waals surface area (Å²) in [5.41, 5.74) is 3.75. The molecule has 1 unspecified atom stereocenters. The molecule has 0 saturated heterocycles. The van der Waals surface area contributed by atoms with Gasteiger partial charge < -0.3 is 0 Å². The summed E-state index contributed by atoms with van der Waals surface area (Å²) in [6, 6.07) is 6.36. The monoisotopic (exact) mass is 174 g/mol. The van der Waals surface area contributed by atoms with Crippen LogP contribution in [0.1, 0.15) is 35.4 Å². The third kappa shape index (κ3) is 1.39. The summed E-state index contributed by atoms with van der Waals surface area (Å²) in [4.78, 5) is 11.3. The van der Waals surface area contributed by atoms with Crippen molar-refractivity contribution >= 4 is 5.78 Å². The number of Topliss-reactive ketones (excluding diaryl/α,β-unsaturated/α-hetero) is 1. The van der Waals surface area contributed by atoms with Crippen molar-refractivity contribution in [2.45, 2.75) is 32.6 Å². The molecule has 0 aliphatic heterocycles. The lowest BCUT2D eigenvalue weighted by Gasteiger charge is -2.26. The van der Waals surface area contributed by atoms with Crippen molar-refractivity contribution in [2.75, 3.05) is 0 Å². The Morgan fingerprint density at radius 2 is 2.08 bits per heavy atom. The second-order valence-corrected chi connectivity index (χ2v) is 3.92. The Bertz CT molecular complexity index is 352. The Morgan fingerprint density at radius 1 is 1.31 bits per heavy atom. The maximum atomic E-state index is 11.3. The van der Waals surface area contributed by atoms with E-state index in [1.807, 2.05) is 0 Å². The molecule has 68 valence electrons. The predicted molar refractivity (Wildman–Crippen MR) is 52.9 cm³/mol. The van der Waals surface area contributed by atoms with Crippen LogP contribution < -0.4 is 0 Å². The molecule has 0 heterocycles. The summed E-state index contributed by atoms with van der Waals surface area (Å²) >= 11 is 0. The Hall–Kier alpha value is -1.11. The number of rotatable bonds is 1. The molecule has 1 aromatic carbocycles. The van der Waals surface area contributed by atoms with Gasteiger partial charge in [0.15, 0.2) is 0 Å². The Labute approximate surface area is 78.8 Å². The van der Waals surface area contributed by atoms with Gasteiger partial charge in [-0.1, -0.05) is 23.8 Å². The van der Waals surface area contributed by atoms with Crippen molar-refractivity contribution in [3.8, 4) is 0 Å². The molecule has 0 N–H and O–H groups in total. The number of carbonyl (C=O) groups excluding carboxylic acids is 1. The van der Waals surface area contributed by atoms with E-state index in [0.717, 1.165) is 12.8 Å². The van der Waals surface area contributed by atoms with Gasteiger partial charge in [-0.3, -0.25) is 4.79 Å². The standard InChI is InChI=1S/C12H14O/c1-8-3-4-9(2)11(7-8)10-5-6-12(10)13/h3-4,7,10H,5-6H2,1-2H3. The van der Waals surface area contributed by atoms with Crippen LogP contribution in [-0.2, 0) is 4.79 Å². The van der Waals surface area contributed by atoms with Crippen molar-refractivity contribution in [1.82, 2.24) is 0 Å². The fraction of sp³-hybridized carbons (Fsp3) is 0.417. The van der Waals surface area contributed by atoms with Crippen LogP contribution in [0.3, 0.4) is 0 Å². The van der Waals surface area contributed by atoms with E-state index in [1.54, 1.807) is 0 Å². The van der Waals surface area contributed by atoms with Crippen LogP contribution in [0.15, 0.2) is 18.2 Å². The molecule has 1 aliphatic carbocycles. The average Bonchev–Trinajstić information content (AvgIpc) is 2.09. The van der Waals surface area contributed by atoms with Crippen LogP contribution in [0.4, 0.5) is 0 Å². The van der Waals surface area contributed by atoms with Gasteiger partial charge >= 0.3 is 0 Å². The van der Waals surface area contributed by atoms with Gasteiger partial charge in [-0.15, -0.1) is 0 Å². The molecule has 1 saturated carbocycles. The van der Waals surface area contributed by atoms with E-state index in [2.05, 4.69) is 32.0 Å². The third-order valence-electron chi connectivity index (χ3n) is 2.88. The number of carbonyl (C=O) groups is 1. The lowest BCUT2D eigenvalue weighted by molar-refractivity contribution is -0.125. The smallest absolute Gasteiger partial charge is 0.140 e. The first-order chi connectivity index (χ1) is 6.18. The molecule has 1 aromatic rings. The minimum absolute atomic E-state index is 0.208. The topological polar surface area (TPSA) is 17.1 Å². The number of hydrogen-bond donors (Lipinski definition) is 0. The first-order valence-corrected chi connectivity index (χ1v) is 4.78. The van der Waals surface area contributed by atoms with Crippen LogP contribution in [0.5, 0.6) is 0 Å². The van der Waals surface area contributed by atoms with Gasteiger partial charge in [-0.05, 0) is 31.4 Å². The third-order valence-corrected chi connectivity index (χ3v) is 2.88. The first kappa shape index (κ1) is 8.49. The molecule has 0 amide bonds. The highest BCUT2D eigenvalue weighted by atomic mass is 16.1. The van der Waals surface area contributed by atoms with Crippen LogP contribution in [-0.4, -0.2) is 5.78 Å². The molecule has 1 atom stereocenters. The lowest BCUT2D eigenvalue weighted by atomic mass is 9.77. The van der Waals surface area contributed by atoms with Crippen molar-refractivity contribution in [1.29, 1.82) is 0 Å². The van der Waals surface area contributed by atoms with E-state index in [4.69, 9.17) is 0 Å². The number of benzene rings is 1. The normalized spacial score (nSPS) is 21.4. The molecule has 0 aromatic heterocycles. The van der Waals surface area contributed by atoms with Crippen molar-refractivity contribution < 1.29 is 4.79 Å². The lowest BCUT2D eigenvalue weighted by Crippen LogP contribution is -2.23. The van der Waals surface area contributed by atoms with Crippen molar-refractivity contribution in [3.63, 3.8) is 0 Å². The van der Waals surface area contributed by atoms with E-state index in [1.165, 1.54) is 16.7 Å². The minimum atomic E-state index is 0.208. The Morgan fingerprint density at radius 3 is 2.62 bits per heavy atom. The van der Waals surface area contributed by atoms with E-state index < -0.39 is 0 Å². The number of hydrogen-bond acceptors (Lipinski definition) is 1. The molecule has 0 spiro atoms.